The zero-order valence-corrected chi connectivity index (χ0v) is 20.7. The van der Waals surface area contributed by atoms with Crippen LogP contribution in [0.1, 0.15) is 65.1 Å². The van der Waals surface area contributed by atoms with Crippen LogP contribution in [0.5, 0.6) is 0 Å². The number of anilines is 2. The van der Waals surface area contributed by atoms with E-state index >= 15 is 0 Å². The second-order valence-electron chi connectivity index (χ2n) is 10.2. The molecule has 4 rings (SSSR count). The second-order valence-corrected chi connectivity index (χ2v) is 10.2. The minimum absolute atomic E-state index is 0.0405. The van der Waals surface area contributed by atoms with Gasteiger partial charge in [-0.2, -0.15) is 4.98 Å². The number of hydrogen-bond acceptors (Lipinski definition) is 6. The molecule has 2 aliphatic heterocycles. The highest BCUT2D eigenvalue weighted by atomic mass is 16.5. The number of benzene rings is 1. The molecule has 1 aromatic heterocycles. The maximum Gasteiger partial charge on any atom is 0.321 e. The van der Waals surface area contributed by atoms with E-state index in [1.807, 2.05) is 23.1 Å². The predicted molar refractivity (Wildman–Crippen MR) is 131 cm³/mol. The van der Waals surface area contributed by atoms with Crippen molar-refractivity contribution >= 4 is 17.4 Å². The standard InChI is InChI=1S/C25H38N6O2/c1-18(2)22-27-23(28-33-22)25(5)10-12-31(13-11-25)24(32)26-20-8-6-7-9-21(20)30-16-14-29(15-17-30)19(3)4/h6-9,18-19H,10-17H2,1-5H3,(H,26,32). The highest BCUT2D eigenvalue weighted by molar-refractivity contribution is 5.93. The maximum atomic E-state index is 13.1. The normalized spacial score (nSPS) is 19.4. The molecule has 0 radical (unpaired) electrons. The summed E-state index contributed by atoms with van der Waals surface area (Å²) in [4.78, 5) is 24.5. The minimum Gasteiger partial charge on any atom is -0.367 e. The number of amides is 2. The van der Waals surface area contributed by atoms with Crippen LogP contribution in [0.4, 0.5) is 16.2 Å². The van der Waals surface area contributed by atoms with Gasteiger partial charge < -0.3 is 19.6 Å². The van der Waals surface area contributed by atoms with Gasteiger partial charge in [-0.05, 0) is 38.8 Å². The summed E-state index contributed by atoms with van der Waals surface area (Å²) in [5, 5.41) is 7.42. The van der Waals surface area contributed by atoms with Crippen molar-refractivity contribution in [1.82, 2.24) is 19.9 Å². The van der Waals surface area contributed by atoms with Gasteiger partial charge in [0, 0.05) is 56.6 Å². The summed E-state index contributed by atoms with van der Waals surface area (Å²) in [6.45, 7) is 16.1. The molecule has 2 aromatic rings. The number of urea groups is 1. The van der Waals surface area contributed by atoms with E-state index in [1.54, 1.807) is 0 Å². The third-order valence-electron chi connectivity index (χ3n) is 7.16. The van der Waals surface area contributed by atoms with Crippen molar-refractivity contribution in [2.45, 2.75) is 64.8 Å². The first-order valence-electron chi connectivity index (χ1n) is 12.2. The number of hydrogen-bond donors (Lipinski definition) is 1. The van der Waals surface area contributed by atoms with E-state index in [0.29, 0.717) is 25.0 Å². The largest absolute Gasteiger partial charge is 0.367 e. The Morgan fingerprint density at radius 2 is 1.70 bits per heavy atom. The van der Waals surface area contributed by atoms with Gasteiger partial charge in [0.05, 0.1) is 11.4 Å². The van der Waals surface area contributed by atoms with Crippen LogP contribution in [-0.4, -0.2) is 71.3 Å². The molecule has 2 aliphatic rings. The minimum atomic E-state index is -0.165. The fourth-order valence-corrected chi connectivity index (χ4v) is 4.67. The Labute approximate surface area is 197 Å². The van der Waals surface area contributed by atoms with Crippen molar-refractivity contribution in [3.63, 3.8) is 0 Å². The average molecular weight is 455 g/mol. The Morgan fingerprint density at radius 1 is 1.03 bits per heavy atom. The van der Waals surface area contributed by atoms with Gasteiger partial charge in [-0.15, -0.1) is 0 Å². The number of aromatic nitrogens is 2. The lowest BCUT2D eigenvalue weighted by Gasteiger charge is -2.39. The number of rotatable bonds is 5. The third-order valence-corrected chi connectivity index (χ3v) is 7.16. The van der Waals surface area contributed by atoms with Crippen LogP contribution in [0.3, 0.4) is 0 Å². The summed E-state index contributed by atoms with van der Waals surface area (Å²) in [5.74, 6) is 1.66. The monoisotopic (exact) mass is 454 g/mol. The van der Waals surface area contributed by atoms with Gasteiger partial charge in [-0.25, -0.2) is 4.79 Å². The lowest BCUT2D eigenvalue weighted by atomic mass is 9.79. The predicted octanol–water partition coefficient (Wildman–Crippen LogP) is 4.31. The number of nitrogens with zero attached hydrogens (tertiary/aromatic N) is 5. The molecule has 2 saturated heterocycles. The van der Waals surface area contributed by atoms with Gasteiger partial charge in [-0.3, -0.25) is 4.90 Å². The first-order valence-corrected chi connectivity index (χ1v) is 12.2. The second kappa shape index (κ2) is 9.71. The lowest BCUT2D eigenvalue weighted by molar-refractivity contribution is 0.169. The number of para-hydroxylation sites is 2. The number of carbonyl (C=O) groups excluding carboxylic acids is 1. The topological polar surface area (TPSA) is 77.7 Å². The van der Waals surface area contributed by atoms with Crippen LogP contribution in [0.25, 0.3) is 0 Å². The molecule has 0 bridgehead atoms. The molecular formula is C25H38N6O2. The third kappa shape index (κ3) is 5.16. The maximum absolute atomic E-state index is 13.1. The Morgan fingerprint density at radius 3 is 2.30 bits per heavy atom. The smallest absolute Gasteiger partial charge is 0.321 e. The molecule has 1 aromatic carbocycles. The van der Waals surface area contributed by atoms with E-state index in [-0.39, 0.29) is 17.4 Å². The van der Waals surface area contributed by atoms with E-state index in [1.165, 1.54) is 0 Å². The zero-order chi connectivity index (χ0) is 23.6. The van der Waals surface area contributed by atoms with Crippen LogP contribution in [-0.2, 0) is 5.41 Å². The van der Waals surface area contributed by atoms with Crippen LogP contribution in [0.2, 0.25) is 0 Å². The Hall–Kier alpha value is -2.61. The molecule has 33 heavy (non-hydrogen) atoms. The molecule has 3 heterocycles. The number of piperazine rings is 1. The molecule has 0 atom stereocenters. The van der Waals surface area contributed by atoms with E-state index < -0.39 is 0 Å². The highest BCUT2D eigenvalue weighted by Crippen LogP contribution is 2.34. The zero-order valence-electron chi connectivity index (χ0n) is 20.7. The van der Waals surface area contributed by atoms with Gasteiger partial charge in [0.25, 0.3) is 0 Å². The summed E-state index contributed by atoms with van der Waals surface area (Å²) < 4.78 is 5.43. The van der Waals surface area contributed by atoms with Gasteiger partial charge >= 0.3 is 6.03 Å². The molecule has 2 amide bonds. The Balaban J connectivity index is 1.37. The van der Waals surface area contributed by atoms with E-state index in [4.69, 9.17) is 4.52 Å². The summed E-state index contributed by atoms with van der Waals surface area (Å²) in [6.07, 6.45) is 1.63. The summed E-state index contributed by atoms with van der Waals surface area (Å²) in [6, 6.07) is 8.67. The number of nitrogens with one attached hydrogen (secondary N) is 1. The summed E-state index contributed by atoms with van der Waals surface area (Å²) in [7, 11) is 0. The fraction of sp³-hybridized carbons (Fsp3) is 0.640. The molecule has 0 saturated carbocycles. The van der Waals surface area contributed by atoms with Gasteiger partial charge in [-0.1, -0.05) is 38.1 Å². The molecule has 8 heteroatoms. The molecule has 8 nitrogen and oxygen atoms in total. The molecule has 2 fully saturated rings. The molecule has 1 N–H and O–H groups in total. The molecule has 180 valence electrons. The molecule has 0 spiro atoms. The van der Waals surface area contributed by atoms with Crippen molar-refractivity contribution in [1.29, 1.82) is 0 Å². The highest BCUT2D eigenvalue weighted by Gasteiger charge is 2.37. The van der Waals surface area contributed by atoms with Gasteiger partial charge in [0.15, 0.2) is 5.82 Å². The average Bonchev–Trinajstić information content (AvgIpc) is 3.32. The van der Waals surface area contributed by atoms with Crippen molar-refractivity contribution < 1.29 is 9.32 Å². The first-order chi connectivity index (χ1) is 15.8. The van der Waals surface area contributed by atoms with Crippen molar-refractivity contribution in [3.8, 4) is 0 Å². The van der Waals surface area contributed by atoms with Gasteiger partial charge in [0.1, 0.15) is 0 Å². The van der Waals surface area contributed by atoms with Crippen LogP contribution < -0.4 is 10.2 Å². The Bertz CT molecular complexity index is 940. The van der Waals surface area contributed by atoms with Gasteiger partial charge in [0.2, 0.25) is 5.89 Å². The molecule has 0 unspecified atom stereocenters. The van der Waals surface area contributed by atoms with Crippen LogP contribution in [0, 0.1) is 0 Å². The SMILES string of the molecule is CC(C)c1nc(C2(C)CCN(C(=O)Nc3ccccc3N3CCN(C(C)C)CC3)CC2)no1. The first kappa shape index (κ1) is 23.5. The van der Waals surface area contributed by atoms with Crippen molar-refractivity contribution in [2.24, 2.45) is 0 Å². The van der Waals surface area contributed by atoms with E-state index in [2.05, 4.69) is 65.9 Å². The summed E-state index contributed by atoms with van der Waals surface area (Å²) >= 11 is 0. The van der Waals surface area contributed by atoms with Crippen molar-refractivity contribution in [2.75, 3.05) is 49.5 Å². The summed E-state index contributed by atoms with van der Waals surface area (Å²) in [5.41, 5.74) is 1.82. The van der Waals surface area contributed by atoms with Crippen LogP contribution in [0.15, 0.2) is 28.8 Å². The van der Waals surface area contributed by atoms with E-state index in [0.717, 1.165) is 56.2 Å². The molecule has 0 aliphatic carbocycles. The van der Waals surface area contributed by atoms with Crippen molar-refractivity contribution in [3.05, 3.63) is 36.0 Å². The quantitative estimate of drug-likeness (QED) is 0.725. The number of carbonyl (C=O) groups is 1. The van der Waals surface area contributed by atoms with Crippen LogP contribution >= 0.6 is 0 Å². The number of piperidine rings is 1. The molecular weight excluding hydrogens is 416 g/mol. The lowest BCUT2D eigenvalue weighted by Crippen LogP contribution is -2.49. The van der Waals surface area contributed by atoms with E-state index in [9.17, 15) is 4.79 Å². The Kier molecular flexibility index (Phi) is 6.93. The fourth-order valence-electron chi connectivity index (χ4n) is 4.67. The number of likely N-dealkylation sites (tertiary alicyclic amines) is 1.